The Balaban J connectivity index is 1.70. The summed E-state index contributed by atoms with van der Waals surface area (Å²) in [5.74, 6) is -1.95. The van der Waals surface area contributed by atoms with Crippen molar-refractivity contribution < 1.29 is 19.1 Å². The van der Waals surface area contributed by atoms with Crippen LogP contribution in [0.25, 0.3) is 17.2 Å². The highest BCUT2D eigenvalue weighted by atomic mass is 19.1. The number of anilines is 2. The van der Waals surface area contributed by atoms with Crippen molar-refractivity contribution in [1.29, 1.82) is 5.26 Å². The number of hydrogen-bond acceptors (Lipinski definition) is 4. The first-order chi connectivity index (χ1) is 18.7. The number of carbonyl (C=O) groups is 2. The molecule has 0 atom stereocenters. The number of amides is 1. The van der Waals surface area contributed by atoms with Crippen LogP contribution in [0.1, 0.15) is 48.8 Å². The van der Waals surface area contributed by atoms with Crippen LogP contribution in [0, 0.1) is 23.1 Å². The lowest BCUT2D eigenvalue weighted by molar-refractivity contribution is -0.131. The number of aliphatic carboxylic acids is 1. The second kappa shape index (κ2) is 12.4. The molecule has 6 nitrogen and oxygen atoms in total. The number of halogens is 1. The van der Waals surface area contributed by atoms with Gasteiger partial charge in [0.05, 0.1) is 18.2 Å². The fraction of sp³-hybridized carbons (Fsp3) is 0.281. The van der Waals surface area contributed by atoms with Gasteiger partial charge in [-0.3, -0.25) is 4.79 Å². The molecule has 1 fully saturated rings. The molecule has 1 aliphatic rings. The van der Waals surface area contributed by atoms with Crippen LogP contribution in [0.3, 0.4) is 0 Å². The average Bonchev–Trinajstić information content (AvgIpc) is 2.94. The zero-order valence-corrected chi connectivity index (χ0v) is 22.2. The van der Waals surface area contributed by atoms with Crippen molar-refractivity contribution in [1.82, 2.24) is 0 Å². The van der Waals surface area contributed by atoms with Gasteiger partial charge < -0.3 is 14.9 Å². The first-order valence-electron chi connectivity index (χ1n) is 13.1. The Morgan fingerprint density at radius 2 is 1.72 bits per heavy atom. The van der Waals surface area contributed by atoms with Crippen molar-refractivity contribution in [3.05, 3.63) is 89.2 Å². The summed E-state index contributed by atoms with van der Waals surface area (Å²) in [5.41, 5.74) is 4.71. The molecule has 0 bridgehead atoms. The molecule has 7 heteroatoms. The smallest absolute Gasteiger partial charge is 0.328 e. The van der Waals surface area contributed by atoms with Gasteiger partial charge in [0.2, 0.25) is 5.91 Å². The fourth-order valence-corrected chi connectivity index (χ4v) is 5.04. The van der Waals surface area contributed by atoms with Gasteiger partial charge in [-0.05, 0) is 77.6 Å². The maximum atomic E-state index is 14.6. The molecular weight excluding hydrogens is 493 g/mol. The van der Waals surface area contributed by atoms with Crippen molar-refractivity contribution in [3.63, 3.8) is 0 Å². The highest BCUT2D eigenvalue weighted by Gasteiger charge is 2.28. The second-order valence-corrected chi connectivity index (χ2v) is 10.1. The van der Waals surface area contributed by atoms with Crippen LogP contribution in [-0.4, -0.2) is 31.1 Å². The van der Waals surface area contributed by atoms with Gasteiger partial charge in [0.1, 0.15) is 5.82 Å². The summed E-state index contributed by atoms with van der Waals surface area (Å²) in [6.07, 6.45) is 6.84. The predicted molar refractivity (Wildman–Crippen MR) is 152 cm³/mol. The monoisotopic (exact) mass is 525 g/mol. The van der Waals surface area contributed by atoms with Crippen molar-refractivity contribution in [2.24, 2.45) is 5.92 Å². The Morgan fingerprint density at radius 1 is 1.00 bits per heavy atom. The van der Waals surface area contributed by atoms with Crippen LogP contribution in [0.4, 0.5) is 15.8 Å². The van der Waals surface area contributed by atoms with E-state index < -0.39 is 11.8 Å². The number of carbonyl (C=O) groups excluding carboxylic acids is 1. The van der Waals surface area contributed by atoms with Crippen LogP contribution in [0.2, 0.25) is 0 Å². The third-order valence-electron chi connectivity index (χ3n) is 7.10. The summed E-state index contributed by atoms with van der Waals surface area (Å²) in [6.45, 7) is 0.162. The maximum absolute atomic E-state index is 14.6. The lowest BCUT2D eigenvalue weighted by Gasteiger charge is -2.30. The lowest BCUT2D eigenvalue weighted by atomic mass is 9.88. The van der Waals surface area contributed by atoms with Crippen LogP contribution in [-0.2, 0) is 16.1 Å². The number of nitriles is 1. The standard InChI is InChI=1S/C32H32FN3O3/c1-35(2)28-12-10-24(11-13-28)30-14-8-23(16-26(30)20-34)21-36(32(39)25-6-4-3-5-7-25)29-18-22(9-15-31(37)38)17-27(33)19-29/h8-19,25H,3-7,21H2,1-2H3,(H,37,38)/b15-9+. The SMILES string of the molecule is CN(C)c1ccc(-c2ccc(CN(C(=O)C3CCCCC3)c3cc(F)cc(/C=C/C(=O)O)c3)cc2C#N)cc1. The molecule has 1 amide bonds. The predicted octanol–water partition coefficient (Wildman–Crippen LogP) is 6.64. The Labute approximate surface area is 228 Å². The zero-order chi connectivity index (χ0) is 27.9. The largest absolute Gasteiger partial charge is 0.478 e. The van der Waals surface area contributed by atoms with Crippen LogP contribution in [0.5, 0.6) is 0 Å². The van der Waals surface area contributed by atoms with Crippen molar-refractivity contribution in [3.8, 4) is 17.2 Å². The molecule has 0 heterocycles. The molecule has 39 heavy (non-hydrogen) atoms. The van der Waals surface area contributed by atoms with Gasteiger partial charge in [0.15, 0.2) is 0 Å². The van der Waals surface area contributed by atoms with Gasteiger partial charge in [0, 0.05) is 37.5 Å². The molecule has 200 valence electrons. The minimum absolute atomic E-state index is 0.0877. The third-order valence-corrected chi connectivity index (χ3v) is 7.10. The second-order valence-electron chi connectivity index (χ2n) is 10.1. The molecule has 0 saturated heterocycles. The summed E-state index contributed by atoms with van der Waals surface area (Å²) >= 11 is 0. The number of hydrogen-bond donors (Lipinski definition) is 1. The van der Waals surface area contributed by atoms with Crippen LogP contribution in [0.15, 0.2) is 66.7 Å². The number of benzene rings is 3. The van der Waals surface area contributed by atoms with Gasteiger partial charge in [-0.1, -0.05) is 43.5 Å². The van der Waals surface area contributed by atoms with Gasteiger partial charge in [-0.25, -0.2) is 9.18 Å². The van der Waals surface area contributed by atoms with E-state index in [1.165, 1.54) is 18.2 Å². The molecule has 1 N–H and O–H groups in total. The van der Waals surface area contributed by atoms with Gasteiger partial charge in [0.25, 0.3) is 0 Å². The highest BCUT2D eigenvalue weighted by molar-refractivity contribution is 5.95. The highest BCUT2D eigenvalue weighted by Crippen LogP contribution is 2.31. The van der Waals surface area contributed by atoms with E-state index in [0.717, 1.165) is 60.6 Å². The number of rotatable bonds is 8. The number of carboxylic acid groups (broad SMARTS) is 1. The topological polar surface area (TPSA) is 84.6 Å². The van der Waals surface area contributed by atoms with Gasteiger partial charge in [-0.2, -0.15) is 5.26 Å². The molecule has 1 saturated carbocycles. The fourth-order valence-electron chi connectivity index (χ4n) is 5.04. The maximum Gasteiger partial charge on any atom is 0.328 e. The average molecular weight is 526 g/mol. The molecule has 3 aromatic rings. The minimum Gasteiger partial charge on any atom is -0.478 e. The summed E-state index contributed by atoms with van der Waals surface area (Å²) < 4.78 is 14.6. The third kappa shape index (κ3) is 6.91. The molecule has 0 spiro atoms. The van der Waals surface area contributed by atoms with E-state index in [2.05, 4.69) is 6.07 Å². The molecule has 3 aromatic carbocycles. The minimum atomic E-state index is -1.14. The first-order valence-corrected chi connectivity index (χ1v) is 13.1. The molecule has 0 aliphatic heterocycles. The van der Waals surface area contributed by atoms with Crippen molar-refractivity contribution in [2.45, 2.75) is 38.6 Å². The number of nitrogens with zero attached hydrogens (tertiary/aromatic N) is 3. The van der Waals surface area contributed by atoms with E-state index in [4.69, 9.17) is 5.11 Å². The first kappa shape index (κ1) is 27.6. The van der Waals surface area contributed by atoms with E-state index in [-0.39, 0.29) is 18.4 Å². The van der Waals surface area contributed by atoms with Gasteiger partial charge in [-0.15, -0.1) is 0 Å². The molecule has 0 aromatic heterocycles. The van der Waals surface area contributed by atoms with Crippen molar-refractivity contribution in [2.75, 3.05) is 23.9 Å². The quantitative estimate of drug-likeness (QED) is 0.333. The van der Waals surface area contributed by atoms with E-state index in [9.17, 15) is 19.2 Å². The molecule has 1 aliphatic carbocycles. The van der Waals surface area contributed by atoms with Crippen LogP contribution >= 0.6 is 0 Å². The van der Waals surface area contributed by atoms with E-state index >= 15 is 0 Å². The Bertz CT molecular complexity index is 1420. The molecular formula is C32H32FN3O3. The van der Waals surface area contributed by atoms with E-state index in [1.54, 1.807) is 17.0 Å². The summed E-state index contributed by atoms with van der Waals surface area (Å²) in [4.78, 5) is 28.3. The Morgan fingerprint density at radius 3 is 2.36 bits per heavy atom. The normalized spacial score (nSPS) is 13.7. The Hall–Kier alpha value is -4.44. The lowest BCUT2D eigenvalue weighted by Crippen LogP contribution is -2.36. The summed E-state index contributed by atoms with van der Waals surface area (Å²) in [5, 5.41) is 18.9. The number of carboxylic acids is 1. The molecule has 0 unspecified atom stereocenters. The van der Waals surface area contributed by atoms with Crippen LogP contribution < -0.4 is 9.80 Å². The van der Waals surface area contributed by atoms with E-state index in [0.29, 0.717) is 16.8 Å². The summed E-state index contributed by atoms with van der Waals surface area (Å²) in [6, 6.07) is 19.9. The van der Waals surface area contributed by atoms with Crippen molar-refractivity contribution >= 4 is 29.3 Å². The zero-order valence-electron chi connectivity index (χ0n) is 22.2. The van der Waals surface area contributed by atoms with Gasteiger partial charge >= 0.3 is 5.97 Å². The molecule has 0 radical (unpaired) electrons. The summed E-state index contributed by atoms with van der Waals surface area (Å²) in [7, 11) is 3.93. The molecule has 4 rings (SSSR count). The Kier molecular flexibility index (Phi) is 8.77. The van der Waals surface area contributed by atoms with E-state index in [1.807, 2.05) is 55.4 Å².